The highest BCUT2D eigenvalue weighted by Gasteiger charge is 2.32. The van der Waals surface area contributed by atoms with Crippen molar-refractivity contribution in [3.05, 3.63) is 147 Å². The number of hydrogen-bond acceptors (Lipinski definition) is 21. The summed E-state index contributed by atoms with van der Waals surface area (Å²) in [4.78, 5) is 0. The highest BCUT2D eigenvalue weighted by atomic mass is 35.5. The molecule has 29 nitrogen and oxygen atoms in total. The molecule has 4 aromatic carbocycles. The number of nitrogens with zero attached hydrogens (tertiary/aromatic N) is 16. The van der Waals surface area contributed by atoms with E-state index in [2.05, 4.69) is 91.5 Å². The van der Waals surface area contributed by atoms with E-state index in [9.17, 15) is 0 Å². The fourth-order valence-corrected chi connectivity index (χ4v) is 10.4. The lowest BCUT2D eigenvalue weighted by Gasteiger charge is -2.33. The predicted molar refractivity (Wildman–Crippen MR) is 406 cm³/mol. The number of nitrogens with two attached hydrogens (primary N) is 3. The number of hydrogen-bond donors (Lipinski definition) is 6. The van der Waals surface area contributed by atoms with E-state index in [0.717, 1.165) is 82.2 Å². The van der Waals surface area contributed by atoms with Crippen molar-refractivity contribution in [2.75, 3.05) is 102 Å². The smallest absolute Gasteiger partial charge is 0.421 e. The summed E-state index contributed by atoms with van der Waals surface area (Å²) in [5.41, 5.74) is 22.7. The van der Waals surface area contributed by atoms with Crippen LogP contribution >= 0.6 is 0 Å². The van der Waals surface area contributed by atoms with Gasteiger partial charge in [0.25, 0.3) is 0 Å². The van der Waals surface area contributed by atoms with Crippen molar-refractivity contribution in [1.82, 2.24) is 18.3 Å². The largest absolute Gasteiger partial charge is 1.00 e. The van der Waals surface area contributed by atoms with Gasteiger partial charge in [0, 0.05) is 84.6 Å². The average molecular weight is 1580 g/mol. The molecule has 33 heteroatoms. The van der Waals surface area contributed by atoms with Crippen molar-refractivity contribution in [3.63, 3.8) is 0 Å². The van der Waals surface area contributed by atoms with Crippen LogP contribution in [0.5, 0.6) is 5.75 Å². The van der Waals surface area contributed by atoms with Crippen LogP contribution in [0.25, 0.3) is 0 Å². The first-order valence-corrected chi connectivity index (χ1v) is 35.5. The third-order valence-electron chi connectivity index (χ3n) is 16.7. The molecule has 6 atom stereocenters. The number of anilines is 3. The van der Waals surface area contributed by atoms with Gasteiger partial charge in [0.2, 0.25) is 0 Å². The summed E-state index contributed by atoms with van der Waals surface area (Å²) < 4.78 is 57.0. The average Bonchev–Trinajstić information content (AvgIpc) is 1.79. The zero-order valence-corrected chi connectivity index (χ0v) is 69.0. The zero-order valence-electron chi connectivity index (χ0n) is 66.0. The van der Waals surface area contributed by atoms with Crippen LogP contribution in [0.3, 0.4) is 0 Å². The Morgan fingerprint density at radius 3 is 0.750 bits per heavy atom. The Hall–Kier alpha value is -7.88. The van der Waals surface area contributed by atoms with Crippen molar-refractivity contribution in [2.24, 2.45) is 125 Å². The van der Waals surface area contributed by atoms with E-state index in [4.69, 9.17) is 50.4 Å². The van der Waals surface area contributed by atoms with Crippen molar-refractivity contribution in [1.29, 1.82) is 0 Å². The van der Waals surface area contributed by atoms with Gasteiger partial charge in [-0.25, -0.2) is 36.5 Å². The Kier molecular flexibility index (Phi) is 44.6. The number of imidazole rings is 4. The van der Waals surface area contributed by atoms with E-state index in [0.29, 0.717) is 79.3 Å². The van der Waals surface area contributed by atoms with E-state index in [1.165, 1.54) is 0 Å². The van der Waals surface area contributed by atoms with Gasteiger partial charge in [-0.05, 0) is 151 Å². The van der Waals surface area contributed by atoms with Crippen molar-refractivity contribution in [3.8, 4) is 5.75 Å². The molecule has 0 fully saturated rings. The fourth-order valence-electron chi connectivity index (χ4n) is 10.4. The molecule has 0 aliphatic rings. The SMILES string of the molecule is CCC(COCC(C)N)(COCC(C)N)COCC(C)N.CCC(COCC(C)Nc1ccc(N=Nc2n(C)cc[n+]2C)cc1)(COCC(C)Nc1ccc(N=Nc2n(C)cc[n+]2C)cc1)COCC(C)Nc1ccc(N=Nc2n(C)cc[n+]2C)cc1.COc1ccc(N=Nc2n(C)cc[n+]2C)cc1.[Cl-].[Cl-].[Cl-].[Cl-]. The Labute approximate surface area is 663 Å². The second-order valence-electron chi connectivity index (χ2n) is 27.3. The number of halogens is 4. The second-order valence-corrected chi connectivity index (χ2v) is 27.3. The van der Waals surface area contributed by atoms with E-state index in [1.807, 2.05) is 260 Å². The highest BCUT2D eigenvalue weighted by Crippen LogP contribution is 2.29. The molecule has 6 unspecified atom stereocenters. The van der Waals surface area contributed by atoms with Gasteiger partial charge in [-0.3, -0.25) is 0 Å². The third kappa shape index (κ3) is 33.5. The van der Waals surface area contributed by atoms with Gasteiger partial charge in [0.1, 0.15) is 28.5 Å². The number of ether oxygens (including phenoxy) is 7. The van der Waals surface area contributed by atoms with Gasteiger partial charge in [-0.1, -0.05) is 34.3 Å². The summed E-state index contributed by atoms with van der Waals surface area (Å²) in [6, 6.07) is 31.4. The molecule has 0 bridgehead atoms. The normalized spacial score (nSPS) is 14.1. The van der Waals surface area contributed by atoms with Crippen LogP contribution in [0, 0.1) is 10.8 Å². The van der Waals surface area contributed by atoms with Crippen LogP contribution in [-0.2, 0) is 84.8 Å². The molecule has 4 heterocycles. The molecule has 0 aliphatic carbocycles. The number of rotatable bonds is 41. The minimum absolute atomic E-state index is 0. The molecule has 0 spiro atoms. The lowest BCUT2D eigenvalue weighted by Crippen LogP contribution is -3.00. The summed E-state index contributed by atoms with van der Waals surface area (Å²) in [5, 5.41) is 45.5. The Morgan fingerprint density at radius 1 is 0.352 bits per heavy atom. The molecule has 9 N–H and O–H groups in total. The number of aromatic nitrogens is 8. The van der Waals surface area contributed by atoms with Crippen molar-refractivity contribution < 1.29 is 101 Å². The molecule has 0 saturated heterocycles. The maximum Gasteiger partial charge on any atom is 0.421 e. The minimum Gasteiger partial charge on any atom is -1.00 e. The van der Waals surface area contributed by atoms with Crippen molar-refractivity contribution in [2.45, 2.75) is 104 Å². The molecule has 0 amide bonds. The third-order valence-corrected chi connectivity index (χ3v) is 16.7. The Balaban J connectivity index is 0.000000770. The maximum atomic E-state index is 6.46. The van der Waals surface area contributed by atoms with E-state index >= 15 is 0 Å². The van der Waals surface area contributed by atoms with Gasteiger partial charge in [0.15, 0.2) is 0 Å². The van der Waals surface area contributed by atoms with Crippen LogP contribution in [-0.4, -0.2) is 141 Å². The maximum absolute atomic E-state index is 6.46. The number of azo groups is 4. The second kappa shape index (κ2) is 50.0. The number of methoxy groups -OCH3 is 1. The fraction of sp³-hybridized carbons (Fsp3) is 0.520. The molecular formula is C75H118Cl4N22O7. The summed E-state index contributed by atoms with van der Waals surface area (Å²) in [6.07, 6.45) is 17.2. The van der Waals surface area contributed by atoms with Crippen LogP contribution in [0.4, 0.5) is 63.6 Å². The summed E-state index contributed by atoms with van der Waals surface area (Å²) in [7, 11) is 17.2. The summed E-state index contributed by atoms with van der Waals surface area (Å²) in [6.45, 7) is 22.6. The zero-order chi connectivity index (χ0) is 75.6. The number of aryl methyl sites for hydroxylation is 8. The lowest BCUT2D eigenvalue weighted by molar-refractivity contribution is -0.657. The van der Waals surface area contributed by atoms with E-state index in [1.54, 1.807) is 7.11 Å². The van der Waals surface area contributed by atoms with E-state index in [-0.39, 0.29) is 96.7 Å². The monoisotopic (exact) mass is 1580 g/mol. The van der Waals surface area contributed by atoms with Gasteiger partial charge < -0.3 is 116 Å². The first-order chi connectivity index (χ1) is 49.8. The van der Waals surface area contributed by atoms with Gasteiger partial charge in [0.05, 0.1) is 192 Å². The van der Waals surface area contributed by atoms with Gasteiger partial charge in [-0.2, -0.15) is 0 Å². The molecule has 108 heavy (non-hydrogen) atoms. The Bertz CT molecular complexity index is 3500. The summed E-state index contributed by atoms with van der Waals surface area (Å²) >= 11 is 0. The molecular weight excluding hydrogens is 1460 g/mol. The highest BCUT2D eigenvalue weighted by molar-refractivity contribution is 5.53. The summed E-state index contributed by atoms with van der Waals surface area (Å²) in [5.74, 6) is 3.89. The quantitative estimate of drug-likeness (QED) is 0.0207. The van der Waals surface area contributed by atoms with Gasteiger partial charge >= 0.3 is 23.8 Å². The first-order valence-electron chi connectivity index (χ1n) is 35.5. The topological polar surface area (TPSA) is 313 Å². The van der Waals surface area contributed by atoms with E-state index < -0.39 is 0 Å². The van der Waals surface area contributed by atoms with Crippen LogP contribution in [0.2, 0.25) is 0 Å². The molecule has 0 saturated carbocycles. The number of benzene rings is 4. The molecule has 4 aromatic heterocycles. The molecule has 0 aliphatic heterocycles. The molecule has 598 valence electrons. The van der Waals surface area contributed by atoms with Crippen molar-refractivity contribution >= 4 is 63.6 Å². The first kappa shape index (κ1) is 96.2. The van der Waals surface area contributed by atoms with Crippen LogP contribution in [0.15, 0.2) is 188 Å². The minimum atomic E-state index is -0.371. The molecule has 0 radical (unpaired) electrons. The standard InChI is InChI=1S/C48H65N15O3.C15H35N3O3.C12H15N4O.4ClH/c1-11-48(33-64-30-36(2)49-39-12-18-42(19-13-39)52-55-45-58(5)24-25-59(45)6,34-65-31-37(3)50-40-14-20-43(21-15-40)53-56-46-60(7)26-27-61(46)8)35-66-32-38(4)51-41-16-22-44(23-17-41)54-57-47-62(9)28-29-63(47)10;1-5-15(9-19-6-12(2)16,10-20-7-13(3)17)11-21-8-14(4)18;1-15-8-9-16(2)12(15)14-13-10-4-6-11(17-3)7-5-10;;;;/h12-29,36-38H,11,30-35H2,1-10H3;12-14H,5-11,16-18H2,1-4H3;4-9H,1-3H3;4*1H/q;;+1;;;;/p-1. The Morgan fingerprint density at radius 2 is 0.565 bits per heavy atom. The number of nitrogens with one attached hydrogen (secondary N) is 3. The molecule has 8 rings (SSSR count). The lowest BCUT2D eigenvalue weighted by atomic mass is 9.88. The molecule has 8 aromatic rings. The van der Waals surface area contributed by atoms with Crippen LogP contribution in [0.1, 0.15) is 68.2 Å². The predicted octanol–water partition coefficient (Wildman–Crippen LogP) is -0.567. The van der Waals surface area contributed by atoms with Gasteiger partial charge in [-0.15, -0.1) is 0 Å². The van der Waals surface area contributed by atoms with Crippen LogP contribution < -0.4 is 106 Å².